The lowest BCUT2D eigenvalue weighted by molar-refractivity contribution is 0.0983. The number of carbonyl (C=O) groups is 1. The third-order valence-corrected chi connectivity index (χ3v) is 10.1. The molecule has 0 spiro atoms. The van der Waals surface area contributed by atoms with Crippen molar-refractivity contribution in [3.63, 3.8) is 0 Å². The molecule has 0 fully saturated rings. The predicted molar refractivity (Wildman–Crippen MR) is 182 cm³/mol. The van der Waals surface area contributed by atoms with Crippen molar-refractivity contribution >= 4 is 17.1 Å². The third-order valence-electron chi connectivity index (χ3n) is 8.81. The normalized spacial score (nSPS) is 11.5. The summed E-state index contributed by atoms with van der Waals surface area (Å²) in [6.07, 6.45) is 40.8. The maximum absolute atomic E-state index is 12.7. The van der Waals surface area contributed by atoms with Gasteiger partial charge >= 0.3 is 0 Å². The van der Waals surface area contributed by atoms with E-state index in [1.807, 2.05) is 0 Å². The molecule has 1 nitrogen and oxygen atoms in total. The second-order valence-electron chi connectivity index (χ2n) is 12.8. The fraction of sp³-hybridized carbons (Fsp3) is 0.868. The standard InChI is InChI=1S/C38H70OS/c1-4-6-8-10-12-14-16-17-18-19-20-21-23-25-27-29-31-33-37-35(3)34-38(40-37)36(39)32-30-28-26-24-22-15-13-11-9-7-5-2/h34H,4-33H2,1-3H3. The van der Waals surface area contributed by atoms with Gasteiger partial charge in [0, 0.05) is 11.3 Å². The lowest BCUT2D eigenvalue weighted by Gasteiger charge is -2.04. The molecular formula is C38H70OS. The number of hydrogen-bond acceptors (Lipinski definition) is 2. The van der Waals surface area contributed by atoms with Crippen LogP contribution in [-0.2, 0) is 6.42 Å². The Morgan fingerprint density at radius 1 is 0.500 bits per heavy atom. The molecule has 1 heterocycles. The number of carbonyl (C=O) groups excluding carboxylic acids is 1. The summed E-state index contributed by atoms with van der Waals surface area (Å²) in [5.41, 5.74) is 1.35. The Balaban J connectivity index is 1.93. The topological polar surface area (TPSA) is 17.1 Å². The van der Waals surface area contributed by atoms with Crippen LogP contribution in [0.25, 0.3) is 0 Å². The van der Waals surface area contributed by atoms with Gasteiger partial charge < -0.3 is 0 Å². The molecule has 0 bridgehead atoms. The van der Waals surface area contributed by atoms with E-state index < -0.39 is 0 Å². The van der Waals surface area contributed by atoms with E-state index in [1.165, 1.54) is 190 Å². The Bertz CT molecular complexity index is 675. The molecule has 0 saturated heterocycles. The molecule has 40 heavy (non-hydrogen) atoms. The number of rotatable bonds is 31. The van der Waals surface area contributed by atoms with Crippen molar-refractivity contribution in [3.05, 3.63) is 21.4 Å². The third kappa shape index (κ3) is 22.0. The molecule has 1 aromatic rings. The SMILES string of the molecule is CCCCCCCCCCCCCCCCCCCc1sc(C(=O)CCCCCCCCCCCCC)cc1C. The highest BCUT2D eigenvalue weighted by Gasteiger charge is 2.12. The molecule has 0 unspecified atom stereocenters. The van der Waals surface area contributed by atoms with Gasteiger partial charge in [-0.25, -0.2) is 0 Å². The zero-order valence-electron chi connectivity index (χ0n) is 27.6. The molecule has 0 aromatic carbocycles. The van der Waals surface area contributed by atoms with Gasteiger partial charge in [0.1, 0.15) is 0 Å². The molecule has 0 aliphatic carbocycles. The van der Waals surface area contributed by atoms with Gasteiger partial charge in [0.25, 0.3) is 0 Å². The van der Waals surface area contributed by atoms with Gasteiger partial charge in [-0.05, 0) is 37.8 Å². The summed E-state index contributed by atoms with van der Waals surface area (Å²) in [4.78, 5) is 15.2. The highest BCUT2D eigenvalue weighted by Crippen LogP contribution is 2.26. The van der Waals surface area contributed by atoms with Crippen molar-refractivity contribution in [2.45, 2.75) is 213 Å². The van der Waals surface area contributed by atoms with Crippen LogP contribution in [0.15, 0.2) is 6.07 Å². The fourth-order valence-electron chi connectivity index (χ4n) is 5.99. The van der Waals surface area contributed by atoms with E-state index in [4.69, 9.17) is 0 Å². The summed E-state index contributed by atoms with van der Waals surface area (Å²) in [6.45, 7) is 6.79. The molecule has 234 valence electrons. The molecule has 2 heteroatoms. The van der Waals surface area contributed by atoms with Crippen LogP contribution in [0.3, 0.4) is 0 Å². The Morgan fingerprint density at radius 3 is 1.20 bits per heavy atom. The predicted octanol–water partition coefficient (Wildman–Crippen LogP) is 14.1. The molecule has 0 aliphatic heterocycles. The Hall–Kier alpha value is -0.630. The summed E-state index contributed by atoms with van der Waals surface area (Å²) in [5.74, 6) is 0.387. The first-order chi connectivity index (χ1) is 19.7. The summed E-state index contributed by atoms with van der Waals surface area (Å²) in [7, 11) is 0. The van der Waals surface area contributed by atoms with Gasteiger partial charge in [-0.1, -0.05) is 181 Å². The molecule has 0 N–H and O–H groups in total. The van der Waals surface area contributed by atoms with E-state index in [-0.39, 0.29) is 0 Å². The molecule has 1 aromatic heterocycles. The first-order valence-electron chi connectivity index (χ1n) is 18.3. The highest BCUT2D eigenvalue weighted by molar-refractivity contribution is 7.14. The number of hydrogen-bond donors (Lipinski definition) is 0. The average Bonchev–Trinajstić information content (AvgIpc) is 3.33. The number of thiophene rings is 1. The van der Waals surface area contributed by atoms with Gasteiger partial charge in [-0.3, -0.25) is 4.79 Å². The molecule has 0 aliphatic rings. The monoisotopic (exact) mass is 575 g/mol. The van der Waals surface area contributed by atoms with Crippen molar-refractivity contribution in [3.8, 4) is 0 Å². The van der Waals surface area contributed by atoms with Crippen LogP contribution in [0, 0.1) is 6.92 Å². The van der Waals surface area contributed by atoms with E-state index in [9.17, 15) is 4.79 Å². The fourth-order valence-corrected chi connectivity index (χ4v) is 7.17. The van der Waals surface area contributed by atoms with Gasteiger partial charge in [-0.15, -0.1) is 11.3 Å². The molecular weight excluding hydrogens is 504 g/mol. The minimum Gasteiger partial charge on any atom is -0.293 e. The first-order valence-corrected chi connectivity index (χ1v) is 19.1. The number of ketones is 1. The molecule has 0 radical (unpaired) electrons. The second kappa shape index (κ2) is 28.5. The maximum atomic E-state index is 12.7. The van der Waals surface area contributed by atoms with Crippen molar-refractivity contribution in [1.29, 1.82) is 0 Å². The van der Waals surface area contributed by atoms with Gasteiger partial charge in [-0.2, -0.15) is 0 Å². The second-order valence-corrected chi connectivity index (χ2v) is 14.0. The van der Waals surface area contributed by atoms with Gasteiger partial charge in [0.15, 0.2) is 5.78 Å². The van der Waals surface area contributed by atoms with Crippen molar-refractivity contribution in [2.24, 2.45) is 0 Å². The van der Waals surface area contributed by atoms with Crippen LogP contribution in [0.4, 0.5) is 0 Å². The lowest BCUT2D eigenvalue weighted by atomic mass is 10.0. The summed E-state index contributed by atoms with van der Waals surface area (Å²) < 4.78 is 0. The first kappa shape index (κ1) is 37.4. The average molecular weight is 575 g/mol. The Labute approximate surface area is 256 Å². The van der Waals surface area contributed by atoms with Crippen LogP contribution >= 0.6 is 11.3 Å². The van der Waals surface area contributed by atoms with Crippen LogP contribution in [0.5, 0.6) is 0 Å². The smallest absolute Gasteiger partial charge is 0.172 e. The van der Waals surface area contributed by atoms with Gasteiger partial charge in [0.05, 0.1) is 4.88 Å². The quantitative estimate of drug-likeness (QED) is 0.0636. The van der Waals surface area contributed by atoms with E-state index >= 15 is 0 Å². The summed E-state index contributed by atoms with van der Waals surface area (Å²) in [5, 5.41) is 0. The van der Waals surface area contributed by atoms with E-state index in [1.54, 1.807) is 11.3 Å². The van der Waals surface area contributed by atoms with Crippen molar-refractivity contribution in [1.82, 2.24) is 0 Å². The molecule has 0 amide bonds. The van der Waals surface area contributed by atoms with Crippen LogP contribution in [-0.4, -0.2) is 5.78 Å². The highest BCUT2D eigenvalue weighted by atomic mass is 32.1. The lowest BCUT2D eigenvalue weighted by Crippen LogP contribution is -1.95. The van der Waals surface area contributed by atoms with E-state index in [2.05, 4.69) is 26.8 Å². The summed E-state index contributed by atoms with van der Waals surface area (Å²) >= 11 is 1.79. The van der Waals surface area contributed by atoms with Crippen molar-refractivity contribution in [2.75, 3.05) is 0 Å². The minimum atomic E-state index is 0.387. The molecule has 1 rings (SSSR count). The zero-order valence-corrected chi connectivity index (χ0v) is 28.4. The largest absolute Gasteiger partial charge is 0.293 e. The Morgan fingerprint density at radius 2 is 0.825 bits per heavy atom. The van der Waals surface area contributed by atoms with E-state index in [0.717, 1.165) is 17.7 Å². The Kier molecular flexibility index (Phi) is 26.6. The van der Waals surface area contributed by atoms with Gasteiger partial charge in [0.2, 0.25) is 0 Å². The maximum Gasteiger partial charge on any atom is 0.172 e. The molecule has 0 atom stereocenters. The number of aryl methyl sites for hydroxylation is 2. The minimum absolute atomic E-state index is 0.387. The van der Waals surface area contributed by atoms with Crippen LogP contribution in [0.1, 0.15) is 220 Å². The van der Waals surface area contributed by atoms with Crippen LogP contribution in [0.2, 0.25) is 0 Å². The number of Topliss-reactive ketones (excluding diaryl/α,β-unsaturated/α-hetero) is 1. The van der Waals surface area contributed by atoms with Crippen molar-refractivity contribution < 1.29 is 4.79 Å². The van der Waals surface area contributed by atoms with Crippen LogP contribution < -0.4 is 0 Å². The van der Waals surface area contributed by atoms with E-state index in [0.29, 0.717) is 5.78 Å². The zero-order chi connectivity index (χ0) is 28.9. The molecule has 0 saturated carbocycles. The number of unbranched alkanes of at least 4 members (excludes halogenated alkanes) is 26. The summed E-state index contributed by atoms with van der Waals surface area (Å²) in [6, 6.07) is 2.18.